The van der Waals surface area contributed by atoms with Gasteiger partial charge < -0.3 is 25.0 Å². The number of hydrogen-bond donors (Lipinski definition) is 2. The summed E-state index contributed by atoms with van der Waals surface area (Å²) < 4.78 is 10.5. The van der Waals surface area contributed by atoms with Gasteiger partial charge in [0.15, 0.2) is 0 Å². The first kappa shape index (κ1) is 31.1. The van der Waals surface area contributed by atoms with E-state index >= 15 is 0 Å². The lowest BCUT2D eigenvalue weighted by Crippen LogP contribution is -2.52. The molecule has 0 aliphatic rings. The van der Waals surface area contributed by atoms with E-state index in [0.717, 1.165) is 4.90 Å². The molecule has 2 aromatic rings. The number of benzene rings is 2. The van der Waals surface area contributed by atoms with E-state index in [0.29, 0.717) is 28.3 Å². The van der Waals surface area contributed by atoms with Crippen LogP contribution in [0.25, 0.3) is 0 Å². The van der Waals surface area contributed by atoms with Crippen molar-refractivity contribution in [3.8, 4) is 24.2 Å². The highest BCUT2D eigenvalue weighted by Crippen LogP contribution is 2.26. The van der Waals surface area contributed by atoms with Crippen LogP contribution in [0.3, 0.4) is 0 Å². The molecule has 0 radical (unpaired) electrons. The van der Waals surface area contributed by atoms with Crippen LogP contribution in [0.15, 0.2) is 48.5 Å². The molecule has 39 heavy (non-hydrogen) atoms. The number of carbonyl (C=O) groups excluding carboxylic acids is 3. The molecule has 0 saturated heterocycles. The Morgan fingerprint density at radius 3 is 2.26 bits per heavy atom. The summed E-state index contributed by atoms with van der Waals surface area (Å²) in [5.74, 6) is 2.55. The topological polar surface area (TPSA) is 121 Å². The number of ether oxygens (including phenoxy) is 2. The zero-order valence-corrected chi connectivity index (χ0v) is 23.6. The van der Waals surface area contributed by atoms with E-state index in [2.05, 4.69) is 16.6 Å². The van der Waals surface area contributed by atoms with Crippen molar-refractivity contribution in [3.05, 3.63) is 59.7 Å². The molecule has 2 rings (SSSR count). The van der Waals surface area contributed by atoms with Crippen molar-refractivity contribution in [2.45, 2.75) is 44.9 Å². The van der Waals surface area contributed by atoms with Crippen LogP contribution in [0.5, 0.6) is 5.75 Å². The number of nitriles is 1. The maximum Gasteiger partial charge on any atom is 0.408 e. The number of thioether (sulfide) groups is 1. The first-order valence-corrected chi connectivity index (χ1v) is 13.6. The Balaban J connectivity index is 2.49. The normalized spacial score (nSPS) is 12.2. The van der Waals surface area contributed by atoms with Crippen LogP contribution in [0.4, 0.5) is 10.5 Å². The van der Waals surface area contributed by atoms with Gasteiger partial charge >= 0.3 is 6.09 Å². The number of nitrogens with one attached hydrogen (secondary N) is 2. The van der Waals surface area contributed by atoms with Crippen LogP contribution in [-0.4, -0.2) is 60.1 Å². The second-order valence-electron chi connectivity index (χ2n) is 9.49. The van der Waals surface area contributed by atoms with Crippen molar-refractivity contribution in [3.63, 3.8) is 0 Å². The SMILES string of the molecule is C#Cc1ccc(C(C(=O)Nc2ccc(OC)cc2)N(CC#N)C(=O)C(CCSC)NC(=O)OC(C)(C)C)cc1. The molecule has 0 aliphatic heterocycles. The lowest BCUT2D eigenvalue weighted by Gasteiger charge is -2.33. The summed E-state index contributed by atoms with van der Waals surface area (Å²) in [7, 11) is 1.54. The predicted molar refractivity (Wildman–Crippen MR) is 152 cm³/mol. The molecule has 0 heterocycles. The van der Waals surface area contributed by atoms with Crippen molar-refractivity contribution >= 4 is 35.4 Å². The monoisotopic (exact) mass is 550 g/mol. The summed E-state index contributed by atoms with van der Waals surface area (Å²) in [5, 5.41) is 15.1. The average Bonchev–Trinajstić information content (AvgIpc) is 2.90. The van der Waals surface area contributed by atoms with E-state index in [9.17, 15) is 19.6 Å². The maximum absolute atomic E-state index is 13.9. The first-order valence-electron chi connectivity index (χ1n) is 12.2. The number of carbonyl (C=O) groups is 3. The third-order valence-corrected chi connectivity index (χ3v) is 6.08. The summed E-state index contributed by atoms with van der Waals surface area (Å²) in [6, 6.07) is 13.1. The zero-order chi connectivity index (χ0) is 29.0. The van der Waals surface area contributed by atoms with Crippen molar-refractivity contribution < 1.29 is 23.9 Å². The van der Waals surface area contributed by atoms with Gasteiger partial charge in [-0.1, -0.05) is 18.1 Å². The lowest BCUT2D eigenvalue weighted by atomic mass is 10.0. The summed E-state index contributed by atoms with van der Waals surface area (Å²) in [4.78, 5) is 41.3. The van der Waals surface area contributed by atoms with Gasteiger partial charge in [-0.05, 0) is 81.2 Å². The van der Waals surface area contributed by atoms with Gasteiger partial charge in [0, 0.05) is 11.3 Å². The summed E-state index contributed by atoms with van der Waals surface area (Å²) in [5.41, 5.74) is 0.740. The second-order valence-corrected chi connectivity index (χ2v) is 10.5. The number of alkyl carbamates (subject to hydrolysis) is 1. The van der Waals surface area contributed by atoms with Gasteiger partial charge in [0.25, 0.3) is 5.91 Å². The first-order chi connectivity index (χ1) is 18.5. The number of amides is 3. The van der Waals surface area contributed by atoms with E-state index in [4.69, 9.17) is 15.9 Å². The van der Waals surface area contributed by atoms with Crippen LogP contribution in [0, 0.1) is 23.7 Å². The molecule has 0 saturated carbocycles. The smallest absolute Gasteiger partial charge is 0.408 e. The van der Waals surface area contributed by atoms with Gasteiger partial charge in [0.2, 0.25) is 5.91 Å². The minimum atomic E-state index is -1.19. The summed E-state index contributed by atoms with van der Waals surface area (Å²) >= 11 is 1.50. The van der Waals surface area contributed by atoms with E-state index in [1.54, 1.807) is 69.3 Å². The Morgan fingerprint density at radius 2 is 1.74 bits per heavy atom. The highest BCUT2D eigenvalue weighted by atomic mass is 32.2. The van der Waals surface area contributed by atoms with E-state index in [1.807, 2.05) is 12.3 Å². The van der Waals surface area contributed by atoms with Crippen LogP contribution in [0.2, 0.25) is 0 Å². The number of rotatable bonds is 11. The molecule has 9 nitrogen and oxygen atoms in total. The molecule has 0 aliphatic carbocycles. The number of terminal acetylenes is 1. The average molecular weight is 551 g/mol. The lowest BCUT2D eigenvalue weighted by molar-refractivity contribution is -0.140. The van der Waals surface area contributed by atoms with Crippen LogP contribution in [-0.2, 0) is 14.3 Å². The Morgan fingerprint density at radius 1 is 1.10 bits per heavy atom. The molecule has 2 unspecified atom stereocenters. The molecule has 0 fully saturated rings. The molecule has 206 valence electrons. The van der Waals surface area contributed by atoms with E-state index in [-0.39, 0.29) is 6.42 Å². The Labute approximate surface area is 234 Å². The van der Waals surface area contributed by atoms with Crippen molar-refractivity contribution in [2.75, 3.05) is 31.0 Å². The Bertz CT molecular complexity index is 1210. The predicted octanol–water partition coefficient (Wildman–Crippen LogP) is 4.35. The summed E-state index contributed by atoms with van der Waals surface area (Å²) in [6.45, 7) is 4.74. The third-order valence-electron chi connectivity index (χ3n) is 5.43. The molecule has 2 N–H and O–H groups in total. The molecule has 0 spiro atoms. The number of methoxy groups -OCH3 is 1. The Hall–Kier alpha value is -4.15. The highest BCUT2D eigenvalue weighted by Gasteiger charge is 2.36. The molecular formula is C29H34N4O5S. The molecule has 2 atom stereocenters. The van der Waals surface area contributed by atoms with Crippen LogP contribution in [0.1, 0.15) is 44.4 Å². The minimum Gasteiger partial charge on any atom is -0.497 e. The van der Waals surface area contributed by atoms with Crippen molar-refractivity contribution in [2.24, 2.45) is 0 Å². The molecular weight excluding hydrogens is 516 g/mol. The van der Waals surface area contributed by atoms with Crippen molar-refractivity contribution in [1.82, 2.24) is 10.2 Å². The third kappa shape index (κ3) is 9.59. The van der Waals surface area contributed by atoms with E-state index in [1.165, 1.54) is 18.9 Å². The van der Waals surface area contributed by atoms with Gasteiger partial charge in [-0.3, -0.25) is 9.59 Å². The Kier molecular flexibility index (Phi) is 11.7. The van der Waals surface area contributed by atoms with Crippen molar-refractivity contribution in [1.29, 1.82) is 5.26 Å². The quantitative estimate of drug-likeness (QED) is 0.315. The highest BCUT2D eigenvalue weighted by molar-refractivity contribution is 7.98. The standard InChI is InChI=1S/C29H34N4O5S/c1-7-20-8-10-21(11-9-20)25(26(34)31-22-12-14-23(37-5)15-13-22)33(18-17-30)27(35)24(16-19-39-6)32-28(36)38-29(2,3)4/h1,8-15,24-25H,16,18-19H2,2-6H3,(H,31,34)(H,32,36). The fraction of sp³-hybridized carbons (Fsp3) is 0.379. The molecule has 3 amide bonds. The largest absolute Gasteiger partial charge is 0.497 e. The van der Waals surface area contributed by atoms with E-state index < -0.39 is 42.1 Å². The van der Waals surface area contributed by atoms with Crippen LogP contribution >= 0.6 is 11.8 Å². The van der Waals surface area contributed by atoms with Gasteiger partial charge in [-0.2, -0.15) is 17.0 Å². The maximum atomic E-state index is 13.9. The molecule has 10 heteroatoms. The van der Waals surface area contributed by atoms with Gasteiger partial charge in [-0.25, -0.2) is 4.79 Å². The molecule has 2 aromatic carbocycles. The summed E-state index contributed by atoms with van der Waals surface area (Å²) in [6.07, 6.45) is 6.87. The van der Waals surface area contributed by atoms with Gasteiger partial charge in [-0.15, -0.1) is 6.42 Å². The fourth-order valence-corrected chi connectivity index (χ4v) is 4.11. The fourth-order valence-electron chi connectivity index (χ4n) is 3.64. The van der Waals surface area contributed by atoms with Gasteiger partial charge in [0.05, 0.1) is 13.2 Å². The van der Waals surface area contributed by atoms with Crippen LogP contribution < -0.4 is 15.4 Å². The molecule has 0 aromatic heterocycles. The molecule has 0 bridgehead atoms. The number of nitrogens with zero attached hydrogens (tertiary/aromatic N) is 2. The van der Waals surface area contributed by atoms with Gasteiger partial charge in [0.1, 0.15) is 30.0 Å². The zero-order valence-electron chi connectivity index (χ0n) is 22.8. The number of anilines is 1. The second kappa shape index (κ2) is 14.7. The number of hydrogen-bond acceptors (Lipinski definition) is 7. The minimum absolute atomic E-state index is 0.268.